The van der Waals surface area contributed by atoms with E-state index in [1.807, 2.05) is 0 Å². The van der Waals surface area contributed by atoms with E-state index in [9.17, 15) is 9.59 Å². The third kappa shape index (κ3) is 15.8. The first-order valence-corrected chi connectivity index (χ1v) is 9.67. The first kappa shape index (κ1) is 24.3. The predicted octanol–water partition coefficient (Wildman–Crippen LogP) is 1.80. The first-order valence-electron chi connectivity index (χ1n) is 9.67. The largest absolute Gasteiger partial charge is 0.353 e. The van der Waals surface area contributed by atoms with E-state index >= 15 is 0 Å². The van der Waals surface area contributed by atoms with Crippen LogP contribution in [-0.2, 0) is 9.59 Å². The molecular weight excluding hydrogens is 328 g/mol. The molecule has 0 aromatic carbocycles. The van der Waals surface area contributed by atoms with Gasteiger partial charge >= 0.3 is 0 Å². The second-order valence-electron chi connectivity index (χ2n) is 6.72. The molecule has 0 saturated heterocycles. The van der Waals surface area contributed by atoms with Gasteiger partial charge in [-0.3, -0.25) is 9.59 Å². The second-order valence-corrected chi connectivity index (χ2v) is 6.72. The van der Waals surface area contributed by atoms with Crippen LogP contribution in [0, 0.1) is 0 Å². The van der Waals surface area contributed by atoms with Crippen LogP contribution in [-0.4, -0.2) is 75.0 Å². The number of rotatable bonds is 17. The molecular formula is C20H38N4O2. The summed E-state index contributed by atoms with van der Waals surface area (Å²) >= 11 is 0. The van der Waals surface area contributed by atoms with Crippen molar-refractivity contribution in [3.05, 3.63) is 25.3 Å². The van der Waals surface area contributed by atoms with Gasteiger partial charge in [-0.1, -0.05) is 26.0 Å². The van der Waals surface area contributed by atoms with Crippen molar-refractivity contribution in [2.24, 2.45) is 0 Å². The third-order valence-electron chi connectivity index (χ3n) is 4.23. The topological polar surface area (TPSA) is 64.7 Å². The summed E-state index contributed by atoms with van der Waals surface area (Å²) in [6, 6.07) is 0. The highest BCUT2D eigenvalue weighted by Crippen LogP contribution is 2.03. The molecule has 0 rings (SSSR count). The molecule has 2 N–H and O–H groups in total. The molecule has 6 nitrogen and oxygen atoms in total. The second kappa shape index (κ2) is 16.8. The predicted molar refractivity (Wildman–Crippen MR) is 109 cm³/mol. The van der Waals surface area contributed by atoms with E-state index in [2.05, 4.69) is 47.7 Å². The van der Waals surface area contributed by atoms with E-state index in [4.69, 9.17) is 0 Å². The lowest BCUT2D eigenvalue weighted by atomic mass is 10.2. The highest BCUT2D eigenvalue weighted by molar-refractivity contribution is 5.87. The van der Waals surface area contributed by atoms with Crippen LogP contribution in [0.25, 0.3) is 0 Å². The third-order valence-corrected chi connectivity index (χ3v) is 4.23. The summed E-state index contributed by atoms with van der Waals surface area (Å²) in [5.74, 6) is -0.196. The van der Waals surface area contributed by atoms with E-state index in [0.29, 0.717) is 13.1 Å². The molecule has 0 radical (unpaired) electrons. The molecule has 0 fully saturated rings. The molecule has 0 aliphatic rings. The summed E-state index contributed by atoms with van der Waals surface area (Å²) in [4.78, 5) is 26.7. The fraction of sp³-hybridized carbons (Fsp3) is 0.700. The molecule has 0 aromatic heterocycles. The lowest BCUT2D eigenvalue weighted by Gasteiger charge is -2.18. The Morgan fingerprint density at radius 3 is 1.38 bits per heavy atom. The zero-order valence-corrected chi connectivity index (χ0v) is 16.8. The van der Waals surface area contributed by atoms with Crippen LogP contribution in [0.2, 0.25) is 0 Å². The average Bonchev–Trinajstić information content (AvgIpc) is 2.64. The molecule has 0 spiro atoms. The summed E-state index contributed by atoms with van der Waals surface area (Å²) < 4.78 is 0. The fourth-order valence-electron chi connectivity index (χ4n) is 2.61. The minimum Gasteiger partial charge on any atom is -0.353 e. The quantitative estimate of drug-likeness (QED) is 0.304. The number of hydrogen-bond donors (Lipinski definition) is 2. The summed E-state index contributed by atoms with van der Waals surface area (Å²) in [7, 11) is 4.27. The Hall–Kier alpha value is -1.66. The Morgan fingerprint density at radius 2 is 1.04 bits per heavy atom. The maximum atomic E-state index is 11.0. The van der Waals surface area contributed by atoms with Gasteiger partial charge < -0.3 is 20.4 Å². The van der Waals surface area contributed by atoms with Gasteiger partial charge in [0.1, 0.15) is 0 Å². The van der Waals surface area contributed by atoms with Crippen molar-refractivity contribution in [3.63, 3.8) is 0 Å². The Balaban J connectivity index is 3.40. The summed E-state index contributed by atoms with van der Waals surface area (Å²) in [6.45, 7) is 12.5. The molecule has 150 valence electrons. The molecule has 0 aromatic rings. The van der Waals surface area contributed by atoms with Crippen molar-refractivity contribution < 1.29 is 9.59 Å². The Labute approximate surface area is 159 Å². The van der Waals surface area contributed by atoms with Crippen molar-refractivity contribution in [1.29, 1.82) is 0 Å². The smallest absolute Gasteiger partial charge is 0.243 e. The number of nitrogens with one attached hydrogen (secondary N) is 2. The van der Waals surface area contributed by atoms with Crippen molar-refractivity contribution in [2.75, 3.05) is 53.4 Å². The van der Waals surface area contributed by atoms with Crippen LogP contribution in [0.1, 0.15) is 38.5 Å². The highest BCUT2D eigenvalue weighted by Gasteiger charge is 2.01. The molecule has 0 atom stereocenters. The Bertz CT molecular complexity index is 375. The maximum absolute atomic E-state index is 11.0. The van der Waals surface area contributed by atoms with Crippen molar-refractivity contribution in [2.45, 2.75) is 38.5 Å². The number of hydrogen-bond acceptors (Lipinski definition) is 4. The van der Waals surface area contributed by atoms with Crippen LogP contribution in [0.4, 0.5) is 0 Å². The summed E-state index contributed by atoms with van der Waals surface area (Å²) in [5, 5.41) is 5.59. The highest BCUT2D eigenvalue weighted by atomic mass is 16.2. The first-order chi connectivity index (χ1) is 12.5. The van der Waals surface area contributed by atoms with E-state index in [-0.39, 0.29) is 11.8 Å². The van der Waals surface area contributed by atoms with Crippen LogP contribution < -0.4 is 10.6 Å². The zero-order chi connectivity index (χ0) is 19.6. The van der Waals surface area contributed by atoms with E-state index in [1.165, 1.54) is 37.8 Å². The Kier molecular flexibility index (Phi) is 15.7. The van der Waals surface area contributed by atoms with Crippen LogP contribution in [0.3, 0.4) is 0 Å². The van der Waals surface area contributed by atoms with Crippen LogP contribution >= 0.6 is 0 Å². The van der Waals surface area contributed by atoms with Gasteiger partial charge in [0.2, 0.25) is 11.8 Å². The molecule has 0 aliphatic heterocycles. The normalized spacial score (nSPS) is 10.8. The average molecular weight is 367 g/mol. The fourth-order valence-corrected chi connectivity index (χ4v) is 2.61. The molecule has 0 saturated carbocycles. The van der Waals surface area contributed by atoms with Gasteiger partial charge in [0.15, 0.2) is 0 Å². The summed E-state index contributed by atoms with van der Waals surface area (Å²) in [5.41, 5.74) is 0. The van der Waals surface area contributed by atoms with E-state index in [1.54, 1.807) is 0 Å². The zero-order valence-electron chi connectivity index (χ0n) is 16.8. The number of unbranched alkanes of at least 4 members (excludes halogenated alkanes) is 3. The minimum absolute atomic E-state index is 0.0980. The summed E-state index contributed by atoms with van der Waals surface area (Å²) in [6.07, 6.45) is 9.48. The van der Waals surface area contributed by atoms with E-state index < -0.39 is 0 Å². The van der Waals surface area contributed by atoms with Gasteiger partial charge in [-0.15, -0.1) is 0 Å². The number of carbonyl (C=O) groups excluding carboxylic acids is 2. The van der Waals surface area contributed by atoms with Gasteiger partial charge in [-0.2, -0.15) is 0 Å². The lowest BCUT2D eigenvalue weighted by molar-refractivity contribution is -0.117. The van der Waals surface area contributed by atoms with Gasteiger partial charge in [0.05, 0.1) is 0 Å². The molecule has 0 unspecified atom stereocenters. The monoisotopic (exact) mass is 366 g/mol. The number of carbonyl (C=O) groups is 2. The molecule has 26 heavy (non-hydrogen) atoms. The van der Waals surface area contributed by atoms with Crippen molar-refractivity contribution in [3.8, 4) is 0 Å². The minimum atomic E-state index is -0.0980. The SMILES string of the molecule is C=CC(=O)NCCCN(C)CCCCCCN(C)CCCNC(=O)C=C. The molecule has 6 heteroatoms. The standard InChI is InChI=1S/C20H38N4O2/c1-5-19(25)21-13-11-17-23(3)15-9-7-8-10-16-24(4)18-12-14-22-20(26)6-2/h5-6H,1-2,7-18H2,3-4H3,(H,21,25)(H,22,26). The van der Waals surface area contributed by atoms with E-state index in [0.717, 1.165) is 39.0 Å². The van der Waals surface area contributed by atoms with Crippen LogP contribution in [0.15, 0.2) is 25.3 Å². The number of amides is 2. The Morgan fingerprint density at radius 1 is 0.692 bits per heavy atom. The van der Waals surface area contributed by atoms with Gasteiger partial charge in [0.25, 0.3) is 0 Å². The van der Waals surface area contributed by atoms with Gasteiger partial charge in [0, 0.05) is 13.1 Å². The molecule has 2 amide bonds. The van der Waals surface area contributed by atoms with Gasteiger partial charge in [-0.25, -0.2) is 0 Å². The van der Waals surface area contributed by atoms with Gasteiger partial charge in [-0.05, 0) is 78.1 Å². The van der Waals surface area contributed by atoms with Crippen molar-refractivity contribution >= 4 is 11.8 Å². The van der Waals surface area contributed by atoms with Crippen LogP contribution in [0.5, 0.6) is 0 Å². The number of nitrogens with zero attached hydrogens (tertiary/aromatic N) is 2. The maximum Gasteiger partial charge on any atom is 0.243 e. The molecule has 0 heterocycles. The van der Waals surface area contributed by atoms with Crippen molar-refractivity contribution in [1.82, 2.24) is 20.4 Å². The molecule has 0 aliphatic carbocycles. The lowest BCUT2D eigenvalue weighted by Crippen LogP contribution is -2.27. The molecule has 0 bridgehead atoms.